The van der Waals surface area contributed by atoms with Gasteiger partial charge in [-0.15, -0.1) is 0 Å². The van der Waals surface area contributed by atoms with Crippen LogP contribution < -0.4 is 10.0 Å². The van der Waals surface area contributed by atoms with Crippen LogP contribution in [0.25, 0.3) is 0 Å². The second-order valence-corrected chi connectivity index (χ2v) is 10.2. The normalized spacial score (nSPS) is 13.0. The molecule has 0 spiro atoms. The SMILES string of the molecule is CCC(CC)(Pc1ccccc1C(C)O)c1cc(C)cc(C)c1OCc1ccccc1. The van der Waals surface area contributed by atoms with Crippen molar-refractivity contribution in [3.05, 3.63) is 94.5 Å². The average Bonchev–Trinajstić information content (AvgIpc) is 2.77. The summed E-state index contributed by atoms with van der Waals surface area (Å²) in [5.74, 6) is 1.01. The van der Waals surface area contributed by atoms with E-state index in [1.165, 1.54) is 27.6 Å². The summed E-state index contributed by atoms with van der Waals surface area (Å²) in [6, 6.07) is 23.2. The predicted molar refractivity (Wildman–Crippen MR) is 134 cm³/mol. The molecule has 2 atom stereocenters. The predicted octanol–water partition coefficient (Wildman–Crippen LogP) is 6.96. The summed E-state index contributed by atoms with van der Waals surface area (Å²) in [5.41, 5.74) is 5.95. The molecule has 3 aromatic rings. The minimum absolute atomic E-state index is 0.0339. The Morgan fingerprint density at radius 1 is 0.935 bits per heavy atom. The minimum atomic E-state index is -0.469. The Labute approximate surface area is 189 Å². The van der Waals surface area contributed by atoms with E-state index in [9.17, 15) is 5.11 Å². The van der Waals surface area contributed by atoms with Crippen molar-refractivity contribution in [2.45, 2.75) is 65.3 Å². The molecule has 0 heterocycles. The molecule has 3 aromatic carbocycles. The first-order valence-electron chi connectivity index (χ1n) is 11.2. The first kappa shape index (κ1) is 23.5. The molecule has 0 fully saturated rings. The first-order chi connectivity index (χ1) is 14.9. The van der Waals surface area contributed by atoms with Crippen LogP contribution in [0.3, 0.4) is 0 Å². The summed E-state index contributed by atoms with van der Waals surface area (Å²) in [7, 11) is 0.555. The third-order valence-electron chi connectivity index (χ3n) is 6.15. The van der Waals surface area contributed by atoms with E-state index >= 15 is 0 Å². The van der Waals surface area contributed by atoms with E-state index in [2.05, 4.69) is 82.3 Å². The number of benzene rings is 3. The Kier molecular flexibility index (Phi) is 7.92. The maximum atomic E-state index is 10.4. The number of rotatable bonds is 9. The van der Waals surface area contributed by atoms with Crippen LogP contribution in [0.4, 0.5) is 0 Å². The minimum Gasteiger partial charge on any atom is -0.488 e. The zero-order valence-electron chi connectivity index (χ0n) is 19.4. The maximum absolute atomic E-state index is 10.4. The van der Waals surface area contributed by atoms with Crippen molar-refractivity contribution < 1.29 is 9.84 Å². The van der Waals surface area contributed by atoms with Crippen LogP contribution in [0.5, 0.6) is 5.75 Å². The summed E-state index contributed by atoms with van der Waals surface area (Å²) in [6.45, 7) is 11.3. The Balaban J connectivity index is 2.06. The lowest BCUT2D eigenvalue weighted by atomic mass is 9.89. The fourth-order valence-electron chi connectivity index (χ4n) is 4.34. The number of hydrogen-bond acceptors (Lipinski definition) is 2. The summed E-state index contributed by atoms with van der Waals surface area (Å²) >= 11 is 0. The molecule has 31 heavy (non-hydrogen) atoms. The second kappa shape index (κ2) is 10.4. The standard InChI is InChI=1S/C28H35O2P/c1-6-28(7-2,31-26-16-12-11-15-24(26)22(5)29)25-18-20(3)17-21(4)27(25)30-19-23-13-9-8-10-14-23/h8-18,22,29,31H,6-7,19H2,1-5H3. The van der Waals surface area contributed by atoms with Crippen LogP contribution in [-0.2, 0) is 11.8 Å². The number of aliphatic hydroxyl groups is 1. The quantitative estimate of drug-likeness (QED) is 0.369. The van der Waals surface area contributed by atoms with Gasteiger partial charge in [-0.3, -0.25) is 0 Å². The molecule has 0 saturated heterocycles. The van der Waals surface area contributed by atoms with Crippen LogP contribution in [0.15, 0.2) is 66.7 Å². The highest BCUT2D eigenvalue weighted by atomic mass is 31.1. The molecule has 2 unspecified atom stereocenters. The number of hydrogen-bond donors (Lipinski definition) is 1. The number of aliphatic hydroxyl groups excluding tert-OH is 1. The van der Waals surface area contributed by atoms with E-state index in [1.54, 1.807) is 0 Å². The fourth-order valence-corrected chi connectivity index (χ4v) is 6.14. The molecule has 0 aliphatic carbocycles. The summed E-state index contributed by atoms with van der Waals surface area (Å²) in [4.78, 5) is 0. The molecule has 3 rings (SSSR count). The summed E-state index contributed by atoms with van der Waals surface area (Å²) < 4.78 is 6.49. The molecule has 3 heteroatoms. The van der Waals surface area contributed by atoms with Crippen molar-refractivity contribution in [3.63, 3.8) is 0 Å². The Hall–Kier alpha value is -2.15. The number of aryl methyl sites for hydroxylation is 2. The zero-order valence-corrected chi connectivity index (χ0v) is 20.4. The highest BCUT2D eigenvalue weighted by Crippen LogP contribution is 2.51. The van der Waals surface area contributed by atoms with Crippen molar-refractivity contribution in [2.24, 2.45) is 0 Å². The van der Waals surface area contributed by atoms with Gasteiger partial charge in [-0.1, -0.05) is 94.7 Å². The van der Waals surface area contributed by atoms with E-state index < -0.39 is 6.10 Å². The van der Waals surface area contributed by atoms with Gasteiger partial charge in [0.05, 0.1) is 6.10 Å². The van der Waals surface area contributed by atoms with Gasteiger partial charge in [0.1, 0.15) is 12.4 Å². The molecule has 1 N–H and O–H groups in total. The van der Waals surface area contributed by atoms with Gasteiger partial charge in [-0.05, 0) is 55.6 Å². The highest BCUT2D eigenvalue weighted by molar-refractivity contribution is 7.48. The lowest BCUT2D eigenvalue weighted by molar-refractivity contribution is 0.200. The first-order valence-corrected chi connectivity index (χ1v) is 12.2. The lowest BCUT2D eigenvalue weighted by Gasteiger charge is -2.36. The average molecular weight is 435 g/mol. The molecule has 0 aliphatic heterocycles. The van der Waals surface area contributed by atoms with Crippen molar-refractivity contribution in [3.8, 4) is 5.75 Å². The second-order valence-electron chi connectivity index (χ2n) is 8.41. The molecule has 0 aliphatic rings. The van der Waals surface area contributed by atoms with E-state index in [4.69, 9.17) is 4.74 Å². The molecule has 0 saturated carbocycles. The Morgan fingerprint density at radius 2 is 1.58 bits per heavy atom. The van der Waals surface area contributed by atoms with Gasteiger partial charge < -0.3 is 9.84 Å². The van der Waals surface area contributed by atoms with E-state index in [1.807, 2.05) is 19.1 Å². The zero-order chi connectivity index (χ0) is 22.4. The van der Waals surface area contributed by atoms with Crippen molar-refractivity contribution in [2.75, 3.05) is 0 Å². The molecule has 0 aromatic heterocycles. The topological polar surface area (TPSA) is 29.5 Å². The van der Waals surface area contributed by atoms with Crippen molar-refractivity contribution in [1.82, 2.24) is 0 Å². The molecular weight excluding hydrogens is 399 g/mol. The van der Waals surface area contributed by atoms with Crippen LogP contribution in [0, 0.1) is 13.8 Å². The van der Waals surface area contributed by atoms with Gasteiger partial charge in [-0.2, -0.15) is 0 Å². The molecule has 0 amide bonds. The van der Waals surface area contributed by atoms with E-state index in [0.29, 0.717) is 15.2 Å². The van der Waals surface area contributed by atoms with Gasteiger partial charge in [0.25, 0.3) is 0 Å². The highest BCUT2D eigenvalue weighted by Gasteiger charge is 2.34. The fraction of sp³-hybridized carbons (Fsp3) is 0.357. The molecular formula is C28H35O2P. The maximum Gasteiger partial charge on any atom is 0.126 e. The van der Waals surface area contributed by atoms with E-state index in [-0.39, 0.29) is 5.16 Å². The van der Waals surface area contributed by atoms with Crippen LogP contribution in [-0.4, -0.2) is 5.11 Å². The van der Waals surface area contributed by atoms with Crippen molar-refractivity contribution >= 4 is 13.9 Å². The van der Waals surface area contributed by atoms with Crippen LogP contribution in [0.2, 0.25) is 0 Å². The van der Waals surface area contributed by atoms with Gasteiger partial charge in [0, 0.05) is 10.7 Å². The Bertz CT molecular complexity index is 991. The summed E-state index contributed by atoms with van der Waals surface area (Å²) in [5, 5.41) is 11.6. The van der Waals surface area contributed by atoms with Gasteiger partial charge in [0.15, 0.2) is 0 Å². The molecule has 0 radical (unpaired) electrons. The summed E-state index contributed by atoms with van der Waals surface area (Å²) in [6.07, 6.45) is 1.56. The monoisotopic (exact) mass is 434 g/mol. The molecule has 2 nitrogen and oxygen atoms in total. The third kappa shape index (κ3) is 5.37. The van der Waals surface area contributed by atoms with E-state index in [0.717, 1.165) is 24.2 Å². The van der Waals surface area contributed by atoms with Gasteiger partial charge in [-0.25, -0.2) is 0 Å². The Morgan fingerprint density at radius 3 is 2.23 bits per heavy atom. The van der Waals surface area contributed by atoms with Gasteiger partial charge >= 0.3 is 0 Å². The lowest BCUT2D eigenvalue weighted by Crippen LogP contribution is -2.25. The van der Waals surface area contributed by atoms with Gasteiger partial charge in [0.2, 0.25) is 0 Å². The van der Waals surface area contributed by atoms with Crippen LogP contribution >= 0.6 is 8.58 Å². The smallest absolute Gasteiger partial charge is 0.126 e. The molecule has 164 valence electrons. The van der Waals surface area contributed by atoms with Crippen molar-refractivity contribution in [1.29, 1.82) is 0 Å². The number of ether oxygens (including phenoxy) is 1. The van der Waals surface area contributed by atoms with Crippen LogP contribution in [0.1, 0.15) is 67.5 Å². The molecule has 0 bridgehead atoms. The largest absolute Gasteiger partial charge is 0.488 e. The third-order valence-corrected chi connectivity index (χ3v) is 8.33.